The third kappa shape index (κ3) is 2.89. The Balaban J connectivity index is 2.10. The number of benzene rings is 2. The second-order valence-electron chi connectivity index (χ2n) is 4.68. The minimum absolute atomic E-state index is 0.343. The van der Waals surface area contributed by atoms with Gasteiger partial charge in [-0.1, -0.05) is 23.7 Å². The molecule has 0 fully saturated rings. The van der Waals surface area contributed by atoms with Crippen molar-refractivity contribution in [3.8, 4) is 22.4 Å². The van der Waals surface area contributed by atoms with E-state index in [4.69, 9.17) is 11.6 Å². The van der Waals surface area contributed by atoms with E-state index in [0.717, 1.165) is 11.1 Å². The molecule has 0 spiro atoms. The maximum Gasteiger partial charge on any atom is 0.131 e. The van der Waals surface area contributed by atoms with Crippen molar-refractivity contribution < 1.29 is 4.39 Å². The molecule has 6 heteroatoms. The Morgan fingerprint density at radius 1 is 1.05 bits per heavy atom. The molecule has 4 nitrogen and oxygen atoms in total. The zero-order valence-electron chi connectivity index (χ0n) is 11.7. The number of aromatic nitrogens is 3. The number of H-pyrrole nitrogens is 1. The van der Waals surface area contributed by atoms with Gasteiger partial charge < -0.3 is 0 Å². The summed E-state index contributed by atoms with van der Waals surface area (Å²) in [6.45, 7) is 0. The monoisotopic (exact) mass is 314 g/mol. The highest BCUT2D eigenvalue weighted by Crippen LogP contribution is 2.28. The van der Waals surface area contributed by atoms with Gasteiger partial charge >= 0.3 is 0 Å². The van der Waals surface area contributed by atoms with E-state index >= 15 is 0 Å². The van der Waals surface area contributed by atoms with Crippen molar-refractivity contribution in [2.24, 2.45) is 4.99 Å². The van der Waals surface area contributed by atoms with E-state index in [2.05, 4.69) is 20.4 Å². The molecule has 1 N–H and O–H groups in total. The fraction of sp³-hybridized carbons (Fsp3) is 0.0625. The van der Waals surface area contributed by atoms with Gasteiger partial charge in [0, 0.05) is 17.6 Å². The van der Waals surface area contributed by atoms with Gasteiger partial charge in [-0.3, -0.25) is 4.99 Å². The normalized spacial score (nSPS) is 11.2. The quantitative estimate of drug-likeness (QED) is 0.743. The van der Waals surface area contributed by atoms with Crippen LogP contribution in [0.15, 0.2) is 47.5 Å². The zero-order chi connectivity index (χ0) is 15.5. The maximum atomic E-state index is 14.0. The molecule has 3 aromatic rings. The van der Waals surface area contributed by atoms with Gasteiger partial charge in [0.05, 0.1) is 6.21 Å². The van der Waals surface area contributed by atoms with Crippen LogP contribution < -0.4 is 0 Å². The fourth-order valence-corrected chi connectivity index (χ4v) is 2.33. The minimum Gasteiger partial charge on any atom is -0.294 e. The number of aliphatic imine (C=N–C) groups is 1. The fourth-order valence-electron chi connectivity index (χ4n) is 2.20. The Labute approximate surface area is 131 Å². The van der Waals surface area contributed by atoms with Crippen LogP contribution in [0.2, 0.25) is 5.02 Å². The Morgan fingerprint density at radius 2 is 1.77 bits per heavy atom. The number of halogens is 2. The van der Waals surface area contributed by atoms with Crippen molar-refractivity contribution in [3.63, 3.8) is 0 Å². The van der Waals surface area contributed by atoms with E-state index in [1.807, 2.05) is 18.2 Å². The third-order valence-corrected chi connectivity index (χ3v) is 3.43. The Bertz CT molecular complexity index is 824. The van der Waals surface area contributed by atoms with Crippen molar-refractivity contribution in [1.29, 1.82) is 0 Å². The van der Waals surface area contributed by atoms with E-state index in [1.54, 1.807) is 25.4 Å². The Morgan fingerprint density at radius 3 is 2.50 bits per heavy atom. The van der Waals surface area contributed by atoms with Gasteiger partial charge in [-0.05, 0) is 41.5 Å². The van der Waals surface area contributed by atoms with Gasteiger partial charge in [-0.15, -0.1) is 0 Å². The van der Waals surface area contributed by atoms with Crippen molar-refractivity contribution >= 4 is 17.8 Å². The molecule has 1 heterocycles. The summed E-state index contributed by atoms with van der Waals surface area (Å²) in [6, 6.07) is 12.0. The van der Waals surface area contributed by atoms with Gasteiger partial charge in [0.2, 0.25) is 0 Å². The van der Waals surface area contributed by atoms with E-state index < -0.39 is 0 Å². The van der Waals surface area contributed by atoms with Crippen LogP contribution in [0.5, 0.6) is 0 Å². The van der Waals surface area contributed by atoms with Gasteiger partial charge in [-0.25, -0.2) is 4.39 Å². The first kappa shape index (κ1) is 14.4. The summed E-state index contributed by atoms with van der Waals surface area (Å²) >= 11 is 5.89. The molecule has 3 rings (SSSR count). The number of aromatic amines is 1. The number of rotatable bonds is 3. The average Bonchev–Trinajstić information content (AvgIpc) is 2.96. The van der Waals surface area contributed by atoms with Crippen LogP contribution in [0.1, 0.15) is 5.69 Å². The van der Waals surface area contributed by atoms with E-state index in [1.165, 1.54) is 12.1 Å². The highest BCUT2D eigenvalue weighted by atomic mass is 35.5. The Hall–Kier alpha value is -2.53. The second kappa shape index (κ2) is 6.07. The van der Waals surface area contributed by atoms with Gasteiger partial charge in [0.1, 0.15) is 17.2 Å². The average molecular weight is 315 g/mol. The van der Waals surface area contributed by atoms with Crippen LogP contribution in [0, 0.1) is 5.82 Å². The standard InChI is InChI=1S/C16H12ClFN4/c1-19-9-15-16(21-22-20-15)12-6-11(7-14(18)8-12)10-2-4-13(17)5-3-10/h2-9H,1H3,(H,20,21,22). The molecule has 0 radical (unpaired) electrons. The lowest BCUT2D eigenvalue weighted by atomic mass is 10.0. The van der Waals surface area contributed by atoms with Gasteiger partial charge in [0.15, 0.2) is 0 Å². The van der Waals surface area contributed by atoms with Crippen LogP contribution in [-0.2, 0) is 0 Å². The van der Waals surface area contributed by atoms with E-state index in [9.17, 15) is 4.39 Å². The predicted molar refractivity (Wildman–Crippen MR) is 85.7 cm³/mol. The van der Waals surface area contributed by atoms with Gasteiger partial charge in [-0.2, -0.15) is 15.4 Å². The summed E-state index contributed by atoms with van der Waals surface area (Å²) in [4.78, 5) is 3.92. The molecule has 0 saturated heterocycles. The molecule has 0 atom stereocenters. The molecule has 22 heavy (non-hydrogen) atoms. The first-order valence-electron chi connectivity index (χ1n) is 6.57. The molecular weight excluding hydrogens is 303 g/mol. The summed E-state index contributed by atoms with van der Waals surface area (Å²) < 4.78 is 14.0. The molecule has 0 aliphatic rings. The SMILES string of the molecule is CN=Cc1n[nH]nc1-c1cc(F)cc(-c2ccc(Cl)cc2)c1. The zero-order valence-corrected chi connectivity index (χ0v) is 12.5. The molecule has 110 valence electrons. The summed E-state index contributed by atoms with van der Waals surface area (Å²) in [7, 11) is 1.64. The number of hydrogen-bond acceptors (Lipinski definition) is 3. The minimum atomic E-state index is -0.343. The summed E-state index contributed by atoms with van der Waals surface area (Å²) in [5.41, 5.74) is 3.37. The van der Waals surface area contributed by atoms with Crippen molar-refractivity contribution in [2.75, 3.05) is 7.05 Å². The molecule has 0 saturated carbocycles. The van der Waals surface area contributed by atoms with E-state index in [0.29, 0.717) is 22.0 Å². The first-order valence-corrected chi connectivity index (χ1v) is 6.95. The van der Waals surface area contributed by atoms with Crippen LogP contribution in [0.25, 0.3) is 22.4 Å². The molecule has 2 aromatic carbocycles. The maximum absolute atomic E-state index is 14.0. The number of nitrogens with one attached hydrogen (secondary N) is 1. The van der Waals surface area contributed by atoms with Crippen LogP contribution in [0.4, 0.5) is 4.39 Å². The molecule has 0 amide bonds. The second-order valence-corrected chi connectivity index (χ2v) is 5.12. The smallest absolute Gasteiger partial charge is 0.131 e. The molecule has 0 aliphatic carbocycles. The van der Waals surface area contributed by atoms with Crippen LogP contribution >= 0.6 is 11.6 Å². The van der Waals surface area contributed by atoms with Crippen molar-refractivity contribution in [1.82, 2.24) is 15.4 Å². The number of hydrogen-bond donors (Lipinski definition) is 1. The lowest BCUT2D eigenvalue weighted by Gasteiger charge is -2.06. The molecule has 0 aliphatic heterocycles. The molecule has 0 unspecified atom stereocenters. The summed E-state index contributed by atoms with van der Waals surface area (Å²) in [6.07, 6.45) is 1.58. The summed E-state index contributed by atoms with van der Waals surface area (Å²) in [5.74, 6) is -0.343. The van der Waals surface area contributed by atoms with Crippen LogP contribution in [0.3, 0.4) is 0 Å². The lowest BCUT2D eigenvalue weighted by Crippen LogP contribution is -1.90. The number of nitrogens with zero attached hydrogens (tertiary/aromatic N) is 3. The Kier molecular flexibility index (Phi) is 3.98. The van der Waals surface area contributed by atoms with Crippen molar-refractivity contribution in [3.05, 3.63) is 59.0 Å². The topological polar surface area (TPSA) is 53.9 Å². The predicted octanol–water partition coefficient (Wildman–Crippen LogP) is 3.98. The molecular formula is C16H12ClFN4. The third-order valence-electron chi connectivity index (χ3n) is 3.18. The first-order chi connectivity index (χ1) is 10.7. The molecule has 0 bridgehead atoms. The lowest BCUT2D eigenvalue weighted by molar-refractivity contribution is 0.629. The largest absolute Gasteiger partial charge is 0.294 e. The van der Waals surface area contributed by atoms with E-state index in [-0.39, 0.29) is 5.82 Å². The van der Waals surface area contributed by atoms with Crippen molar-refractivity contribution in [2.45, 2.75) is 0 Å². The highest BCUT2D eigenvalue weighted by Gasteiger charge is 2.11. The summed E-state index contributed by atoms with van der Waals surface area (Å²) in [5, 5.41) is 11.3. The van der Waals surface area contributed by atoms with Crippen LogP contribution in [-0.4, -0.2) is 28.7 Å². The molecule has 1 aromatic heterocycles. The highest BCUT2D eigenvalue weighted by molar-refractivity contribution is 6.30. The van der Waals surface area contributed by atoms with Gasteiger partial charge in [0.25, 0.3) is 0 Å².